The minimum Gasteiger partial charge on any atom is -0.468 e. The van der Waals surface area contributed by atoms with E-state index >= 15 is 4.39 Å². The second-order valence-electron chi connectivity index (χ2n) is 8.91. The van der Waals surface area contributed by atoms with Crippen LogP contribution >= 0.6 is 11.6 Å². The van der Waals surface area contributed by atoms with E-state index in [0.717, 1.165) is 25.3 Å². The second kappa shape index (κ2) is 9.75. The predicted octanol–water partition coefficient (Wildman–Crippen LogP) is 5.44. The van der Waals surface area contributed by atoms with Crippen molar-refractivity contribution >= 4 is 33.2 Å². The van der Waals surface area contributed by atoms with Crippen molar-refractivity contribution in [1.29, 1.82) is 0 Å². The first-order valence-corrected chi connectivity index (χ1v) is 13.0. The highest BCUT2D eigenvalue weighted by molar-refractivity contribution is 7.92. The normalized spacial score (nSPS) is 22.3. The number of carbonyl (C=O) groups excluding carboxylic acids is 2. The molecule has 0 saturated heterocycles. The van der Waals surface area contributed by atoms with E-state index in [0.29, 0.717) is 5.56 Å². The van der Waals surface area contributed by atoms with Crippen LogP contribution in [0.3, 0.4) is 0 Å². The van der Waals surface area contributed by atoms with Crippen molar-refractivity contribution in [3.05, 3.63) is 101 Å². The Labute approximate surface area is 213 Å². The molecule has 1 fully saturated rings. The zero-order valence-electron chi connectivity index (χ0n) is 19.3. The van der Waals surface area contributed by atoms with Crippen LogP contribution in [0.1, 0.15) is 30.4 Å². The summed E-state index contributed by atoms with van der Waals surface area (Å²) >= 11 is 5.95. The van der Waals surface area contributed by atoms with E-state index in [-0.39, 0.29) is 29.2 Å². The van der Waals surface area contributed by atoms with Crippen LogP contribution in [-0.4, -0.2) is 27.3 Å². The molecule has 0 aromatic heterocycles. The molecule has 9 heteroatoms. The average molecular weight is 533 g/mol. The Bertz CT molecular complexity index is 1400. The fraction of sp³-hybridized carbons (Fsp3) is 0.259. The third-order valence-corrected chi connectivity index (χ3v) is 9.60. The number of ether oxygens (including phenoxy) is 1. The first kappa shape index (κ1) is 26.0. The van der Waals surface area contributed by atoms with Crippen molar-refractivity contribution < 1.29 is 31.5 Å². The number of carbonyl (C=O) groups is 2. The maximum atomic E-state index is 15.3. The van der Waals surface area contributed by atoms with Crippen LogP contribution in [0.2, 0.25) is 5.02 Å². The summed E-state index contributed by atoms with van der Waals surface area (Å²) in [4.78, 5) is 26.5. The highest BCUT2D eigenvalue weighted by atomic mass is 35.5. The third kappa shape index (κ3) is 4.33. The number of halogens is 3. The number of sulfone groups is 1. The van der Waals surface area contributed by atoms with Gasteiger partial charge in [-0.15, -0.1) is 0 Å². The zero-order chi connectivity index (χ0) is 26.1. The van der Waals surface area contributed by atoms with Gasteiger partial charge in [0.15, 0.2) is 15.6 Å². The second-order valence-corrected chi connectivity index (χ2v) is 11.6. The van der Waals surface area contributed by atoms with Crippen LogP contribution in [0.5, 0.6) is 0 Å². The molecule has 36 heavy (non-hydrogen) atoms. The van der Waals surface area contributed by atoms with Crippen LogP contribution < -0.4 is 0 Å². The Morgan fingerprint density at radius 1 is 1.03 bits per heavy atom. The summed E-state index contributed by atoms with van der Waals surface area (Å²) in [6.07, 6.45) is -1.48. The summed E-state index contributed by atoms with van der Waals surface area (Å²) in [5.41, 5.74) is -1.78. The van der Waals surface area contributed by atoms with Gasteiger partial charge in [-0.2, -0.15) is 0 Å². The van der Waals surface area contributed by atoms with Crippen molar-refractivity contribution in [3.63, 3.8) is 0 Å². The number of benzene rings is 3. The lowest BCUT2D eigenvalue weighted by Crippen LogP contribution is -2.54. The number of hydrogen-bond donors (Lipinski definition) is 0. The summed E-state index contributed by atoms with van der Waals surface area (Å²) in [6.45, 7) is 0. The van der Waals surface area contributed by atoms with E-state index in [2.05, 4.69) is 0 Å². The fourth-order valence-corrected chi connectivity index (χ4v) is 7.40. The molecule has 1 saturated carbocycles. The lowest BCUT2D eigenvalue weighted by atomic mass is 9.63. The molecular weight excluding hydrogens is 510 g/mol. The van der Waals surface area contributed by atoms with E-state index in [1.54, 1.807) is 30.3 Å². The van der Waals surface area contributed by atoms with E-state index in [1.165, 1.54) is 24.3 Å². The summed E-state index contributed by atoms with van der Waals surface area (Å²) in [6, 6.07) is 16.4. The number of Topliss-reactive ketones (excluding diaryl/α,β-unsaturated/α-hetero) is 1. The van der Waals surface area contributed by atoms with Crippen LogP contribution in [-0.2, 0) is 35.3 Å². The first-order valence-electron chi connectivity index (χ1n) is 11.2. The van der Waals surface area contributed by atoms with Crippen LogP contribution in [0.15, 0.2) is 77.7 Å². The molecule has 2 atom stereocenters. The third-order valence-electron chi connectivity index (χ3n) is 6.86. The molecule has 0 radical (unpaired) electrons. The van der Waals surface area contributed by atoms with Crippen molar-refractivity contribution in [3.8, 4) is 0 Å². The van der Waals surface area contributed by atoms with Gasteiger partial charge in [0.25, 0.3) is 0 Å². The van der Waals surface area contributed by atoms with Crippen LogP contribution in [0.4, 0.5) is 8.78 Å². The van der Waals surface area contributed by atoms with Crippen LogP contribution in [0, 0.1) is 17.0 Å². The van der Waals surface area contributed by atoms with Gasteiger partial charge in [-0.05, 0) is 67.3 Å². The average Bonchev–Trinajstić information content (AvgIpc) is 2.87. The van der Waals surface area contributed by atoms with Crippen molar-refractivity contribution in [2.45, 2.75) is 35.3 Å². The number of ketones is 1. The maximum absolute atomic E-state index is 15.3. The number of methoxy groups -OCH3 is 1. The standard InChI is InChI=1S/C27H23ClF2O5S/c1-35-25(32)26(16-18-5-3-2-4-6-18)17-27(14-13-24(26)31,22-15-20(29)9-12-23(22)30)36(33,34)21-10-7-19(28)8-11-21/h2-12,15H,13-14,16-17H2,1H3. The van der Waals surface area contributed by atoms with E-state index in [9.17, 15) is 22.4 Å². The molecule has 188 valence electrons. The maximum Gasteiger partial charge on any atom is 0.319 e. The van der Waals surface area contributed by atoms with Crippen LogP contribution in [0.25, 0.3) is 0 Å². The van der Waals surface area contributed by atoms with Gasteiger partial charge in [0.2, 0.25) is 0 Å². The van der Waals surface area contributed by atoms with Gasteiger partial charge >= 0.3 is 5.97 Å². The number of esters is 1. The molecule has 0 aliphatic heterocycles. The molecule has 4 rings (SSSR count). The lowest BCUT2D eigenvalue weighted by Gasteiger charge is -2.45. The van der Waals surface area contributed by atoms with Crippen molar-refractivity contribution in [2.24, 2.45) is 5.41 Å². The monoisotopic (exact) mass is 532 g/mol. The van der Waals surface area contributed by atoms with Gasteiger partial charge in [-0.25, -0.2) is 17.2 Å². The Hall–Kier alpha value is -3.10. The zero-order valence-corrected chi connectivity index (χ0v) is 20.9. The fourth-order valence-electron chi connectivity index (χ4n) is 5.08. The highest BCUT2D eigenvalue weighted by Gasteiger charge is 2.61. The topological polar surface area (TPSA) is 77.5 Å². The van der Waals surface area contributed by atoms with Gasteiger partial charge in [-0.1, -0.05) is 41.9 Å². The molecule has 0 amide bonds. The van der Waals surface area contributed by atoms with E-state index < -0.39 is 55.4 Å². The van der Waals surface area contributed by atoms with Crippen molar-refractivity contribution in [2.75, 3.05) is 7.11 Å². The Morgan fingerprint density at radius 3 is 2.33 bits per heavy atom. The Kier molecular flexibility index (Phi) is 7.03. The minimum atomic E-state index is -4.49. The summed E-state index contributed by atoms with van der Waals surface area (Å²) in [5.74, 6) is -3.25. The largest absolute Gasteiger partial charge is 0.468 e. The highest BCUT2D eigenvalue weighted by Crippen LogP contribution is 2.54. The minimum absolute atomic E-state index is 0.159. The lowest BCUT2D eigenvalue weighted by molar-refractivity contribution is -0.161. The molecule has 1 aliphatic rings. The van der Waals surface area contributed by atoms with Gasteiger partial charge in [0.1, 0.15) is 21.8 Å². The van der Waals surface area contributed by atoms with Gasteiger partial charge in [0.05, 0.1) is 12.0 Å². The quantitative estimate of drug-likeness (QED) is 0.312. The van der Waals surface area contributed by atoms with Gasteiger partial charge in [0, 0.05) is 17.0 Å². The number of hydrogen-bond acceptors (Lipinski definition) is 5. The molecule has 2 unspecified atom stereocenters. The SMILES string of the molecule is COC(=O)C1(Cc2ccccc2)CC(c2cc(F)ccc2F)(S(=O)(=O)c2ccc(Cl)cc2)CCC1=O. The molecule has 0 bridgehead atoms. The summed E-state index contributed by atoms with van der Waals surface area (Å²) < 4.78 is 61.1. The van der Waals surface area contributed by atoms with Gasteiger partial charge < -0.3 is 4.74 Å². The predicted molar refractivity (Wildman–Crippen MR) is 130 cm³/mol. The summed E-state index contributed by atoms with van der Waals surface area (Å²) in [5, 5.41) is 0.284. The molecule has 0 N–H and O–H groups in total. The molecular formula is C27H23ClF2O5S. The molecule has 3 aromatic rings. The molecule has 0 heterocycles. The molecule has 5 nitrogen and oxygen atoms in total. The smallest absolute Gasteiger partial charge is 0.319 e. The van der Waals surface area contributed by atoms with Crippen molar-refractivity contribution in [1.82, 2.24) is 0 Å². The molecule has 0 spiro atoms. The Balaban J connectivity index is 2.01. The molecule has 1 aliphatic carbocycles. The van der Waals surface area contributed by atoms with E-state index in [4.69, 9.17) is 16.3 Å². The Morgan fingerprint density at radius 2 is 1.69 bits per heavy atom. The number of rotatable bonds is 6. The first-order chi connectivity index (χ1) is 17.1. The van der Waals surface area contributed by atoms with Gasteiger partial charge in [-0.3, -0.25) is 9.59 Å². The summed E-state index contributed by atoms with van der Waals surface area (Å²) in [7, 11) is -3.38. The molecule has 3 aromatic carbocycles. The van der Waals surface area contributed by atoms with E-state index in [1.807, 2.05) is 0 Å².